The molecule has 0 saturated carbocycles. The topological polar surface area (TPSA) is 0 Å². The quantitative estimate of drug-likeness (QED) is 0.732. The fourth-order valence-corrected chi connectivity index (χ4v) is 1.90. The molecule has 0 aliphatic carbocycles. The zero-order valence-corrected chi connectivity index (χ0v) is 9.44. The summed E-state index contributed by atoms with van der Waals surface area (Å²) in [5.74, 6) is 0. The first kappa shape index (κ1) is 11.8. The molecule has 0 saturated heterocycles. The maximum absolute atomic E-state index is 12.8. The molecule has 0 aromatic heterocycles. The Morgan fingerprint density at radius 1 is 0.765 bits per heavy atom. The number of hydrogen-bond acceptors (Lipinski definition) is 0. The Bertz CT molecular complexity index is 463. The number of benzene rings is 2. The van der Waals surface area contributed by atoms with E-state index in [-0.39, 0.29) is 5.56 Å². The molecule has 0 spiro atoms. The summed E-state index contributed by atoms with van der Waals surface area (Å²) in [7, 11) is 0. The summed E-state index contributed by atoms with van der Waals surface area (Å²) < 4.78 is 25.5. The van der Waals surface area contributed by atoms with E-state index in [9.17, 15) is 8.78 Å². The van der Waals surface area contributed by atoms with Crippen LogP contribution in [0.15, 0.2) is 54.6 Å². The largest absolute Gasteiger partial charge is 0.264 e. The van der Waals surface area contributed by atoms with Crippen molar-refractivity contribution in [1.82, 2.24) is 0 Å². The van der Waals surface area contributed by atoms with Crippen molar-refractivity contribution in [2.75, 3.05) is 0 Å². The third-order valence-corrected chi connectivity index (χ3v) is 2.82. The highest BCUT2D eigenvalue weighted by Crippen LogP contribution is 2.23. The van der Waals surface area contributed by atoms with Crippen LogP contribution in [0.5, 0.6) is 0 Å². The van der Waals surface area contributed by atoms with Crippen molar-refractivity contribution in [3.8, 4) is 0 Å². The first-order valence-corrected chi connectivity index (χ1v) is 5.67. The van der Waals surface area contributed by atoms with E-state index >= 15 is 0 Å². The Labute approximate surface area is 99.9 Å². The standard InChI is InChI=1S/C15H14F2/c16-15(17)14-9-5-4-8-13(14)11-10-12-6-2-1-3-7-12/h1-9,15H,10-11H2. The fourth-order valence-electron chi connectivity index (χ4n) is 1.90. The molecule has 0 radical (unpaired) electrons. The maximum Gasteiger partial charge on any atom is 0.264 e. The van der Waals surface area contributed by atoms with Gasteiger partial charge in [0, 0.05) is 5.56 Å². The predicted octanol–water partition coefficient (Wildman–Crippen LogP) is 4.41. The normalized spacial score (nSPS) is 10.8. The lowest BCUT2D eigenvalue weighted by Crippen LogP contribution is -1.97. The van der Waals surface area contributed by atoms with E-state index in [1.165, 1.54) is 11.6 Å². The molecule has 0 unspecified atom stereocenters. The summed E-state index contributed by atoms with van der Waals surface area (Å²) >= 11 is 0. The zero-order chi connectivity index (χ0) is 12.1. The highest BCUT2D eigenvalue weighted by Gasteiger charge is 2.11. The average Bonchev–Trinajstić information content (AvgIpc) is 2.38. The SMILES string of the molecule is FC(F)c1ccccc1CCc1ccccc1. The van der Waals surface area contributed by atoms with Crippen molar-refractivity contribution in [3.05, 3.63) is 71.3 Å². The Hall–Kier alpha value is -1.70. The number of aryl methyl sites for hydroxylation is 2. The Balaban J connectivity index is 2.09. The van der Waals surface area contributed by atoms with Crippen LogP contribution in [0, 0.1) is 0 Å². The van der Waals surface area contributed by atoms with Gasteiger partial charge in [-0.3, -0.25) is 0 Å². The maximum atomic E-state index is 12.8. The molecular weight excluding hydrogens is 218 g/mol. The first-order valence-electron chi connectivity index (χ1n) is 5.67. The third-order valence-electron chi connectivity index (χ3n) is 2.82. The van der Waals surface area contributed by atoms with Crippen LogP contribution in [0.1, 0.15) is 23.1 Å². The molecule has 0 aliphatic heterocycles. The number of hydrogen-bond donors (Lipinski definition) is 0. The molecule has 0 fully saturated rings. The lowest BCUT2D eigenvalue weighted by atomic mass is 10.00. The Kier molecular flexibility index (Phi) is 3.86. The van der Waals surface area contributed by atoms with Gasteiger partial charge in [-0.05, 0) is 24.0 Å². The van der Waals surface area contributed by atoms with Crippen LogP contribution in [-0.4, -0.2) is 0 Å². The third kappa shape index (κ3) is 3.13. The van der Waals surface area contributed by atoms with Crippen LogP contribution in [-0.2, 0) is 12.8 Å². The molecular formula is C15H14F2. The lowest BCUT2D eigenvalue weighted by molar-refractivity contribution is 0.150. The van der Waals surface area contributed by atoms with Gasteiger partial charge < -0.3 is 0 Å². The van der Waals surface area contributed by atoms with Gasteiger partial charge >= 0.3 is 0 Å². The Morgan fingerprint density at radius 2 is 1.41 bits per heavy atom. The minimum Gasteiger partial charge on any atom is -0.205 e. The molecule has 0 nitrogen and oxygen atoms in total. The summed E-state index contributed by atoms with van der Waals surface area (Å²) in [6, 6.07) is 16.7. The van der Waals surface area contributed by atoms with Crippen molar-refractivity contribution >= 4 is 0 Å². The van der Waals surface area contributed by atoms with Gasteiger partial charge in [-0.2, -0.15) is 0 Å². The molecule has 0 bridgehead atoms. The van der Waals surface area contributed by atoms with Crippen molar-refractivity contribution in [2.24, 2.45) is 0 Å². The smallest absolute Gasteiger partial charge is 0.205 e. The summed E-state index contributed by atoms with van der Waals surface area (Å²) in [6.45, 7) is 0. The molecule has 0 atom stereocenters. The van der Waals surface area contributed by atoms with Gasteiger partial charge in [0.1, 0.15) is 0 Å². The van der Waals surface area contributed by atoms with Crippen molar-refractivity contribution < 1.29 is 8.78 Å². The number of alkyl halides is 2. The second kappa shape index (κ2) is 5.58. The average molecular weight is 232 g/mol. The van der Waals surface area contributed by atoms with Gasteiger partial charge in [0.05, 0.1) is 0 Å². The van der Waals surface area contributed by atoms with E-state index in [0.717, 1.165) is 12.0 Å². The van der Waals surface area contributed by atoms with E-state index in [2.05, 4.69) is 0 Å². The van der Waals surface area contributed by atoms with Gasteiger partial charge in [0.2, 0.25) is 0 Å². The van der Waals surface area contributed by atoms with Crippen LogP contribution in [0.3, 0.4) is 0 Å². The molecule has 0 amide bonds. The van der Waals surface area contributed by atoms with Gasteiger partial charge in [-0.25, -0.2) is 8.78 Å². The van der Waals surface area contributed by atoms with E-state index in [4.69, 9.17) is 0 Å². The minimum atomic E-state index is -2.39. The molecule has 0 N–H and O–H groups in total. The predicted molar refractivity (Wildman–Crippen MR) is 65.2 cm³/mol. The first-order chi connectivity index (χ1) is 8.27. The van der Waals surface area contributed by atoms with E-state index in [1.54, 1.807) is 12.1 Å². The Morgan fingerprint density at radius 3 is 2.12 bits per heavy atom. The summed E-state index contributed by atoms with van der Waals surface area (Å²) in [5, 5.41) is 0. The zero-order valence-electron chi connectivity index (χ0n) is 9.44. The van der Waals surface area contributed by atoms with Gasteiger partial charge in [0.25, 0.3) is 6.43 Å². The van der Waals surface area contributed by atoms with E-state index < -0.39 is 6.43 Å². The molecule has 2 heteroatoms. The van der Waals surface area contributed by atoms with Crippen molar-refractivity contribution in [3.63, 3.8) is 0 Å². The van der Waals surface area contributed by atoms with E-state index in [1.807, 2.05) is 36.4 Å². The van der Waals surface area contributed by atoms with Crippen LogP contribution in [0.25, 0.3) is 0 Å². The summed E-state index contributed by atoms with van der Waals surface area (Å²) in [6.07, 6.45) is -0.934. The van der Waals surface area contributed by atoms with Crippen LogP contribution >= 0.6 is 0 Å². The second-order valence-corrected chi connectivity index (χ2v) is 3.99. The molecule has 0 aliphatic rings. The van der Waals surface area contributed by atoms with Crippen LogP contribution in [0.4, 0.5) is 8.78 Å². The molecule has 17 heavy (non-hydrogen) atoms. The molecule has 2 aromatic rings. The van der Waals surface area contributed by atoms with Gasteiger partial charge in [-0.15, -0.1) is 0 Å². The second-order valence-electron chi connectivity index (χ2n) is 3.99. The minimum absolute atomic E-state index is 0.156. The van der Waals surface area contributed by atoms with Crippen LogP contribution < -0.4 is 0 Å². The number of halogens is 2. The molecule has 2 rings (SSSR count). The van der Waals surface area contributed by atoms with Crippen molar-refractivity contribution in [2.45, 2.75) is 19.3 Å². The van der Waals surface area contributed by atoms with Crippen LogP contribution in [0.2, 0.25) is 0 Å². The molecule has 88 valence electrons. The van der Waals surface area contributed by atoms with Gasteiger partial charge in [-0.1, -0.05) is 54.6 Å². The monoisotopic (exact) mass is 232 g/mol. The van der Waals surface area contributed by atoms with Gasteiger partial charge in [0.15, 0.2) is 0 Å². The highest BCUT2D eigenvalue weighted by atomic mass is 19.3. The lowest BCUT2D eigenvalue weighted by Gasteiger charge is -2.08. The number of rotatable bonds is 4. The van der Waals surface area contributed by atoms with E-state index in [0.29, 0.717) is 6.42 Å². The molecule has 0 heterocycles. The molecule has 2 aromatic carbocycles. The fraction of sp³-hybridized carbons (Fsp3) is 0.200. The summed E-state index contributed by atoms with van der Waals surface area (Å²) in [5.41, 5.74) is 2.08. The summed E-state index contributed by atoms with van der Waals surface area (Å²) in [4.78, 5) is 0. The van der Waals surface area contributed by atoms with Crippen molar-refractivity contribution in [1.29, 1.82) is 0 Å². The highest BCUT2D eigenvalue weighted by molar-refractivity contribution is 5.29.